The lowest BCUT2D eigenvalue weighted by Crippen LogP contribution is -2.03. The summed E-state index contributed by atoms with van der Waals surface area (Å²) in [5, 5.41) is 7.40. The maximum Gasteiger partial charge on any atom is 0.159 e. The monoisotopic (exact) mass is 296 g/mol. The molecule has 1 N–H and O–H groups in total. The van der Waals surface area contributed by atoms with E-state index in [0.717, 1.165) is 11.8 Å². The number of pyridine rings is 1. The maximum absolute atomic E-state index is 12.9. The summed E-state index contributed by atoms with van der Waals surface area (Å²) in [6.07, 6.45) is 4.00. The molecule has 0 aliphatic rings. The lowest BCUT2D eigenvalue weighted by Gasteiger charge is -2.04. The smallest absolute Gasteiger partial charge is 0.159 e. The van der Waals surface area contributed by atoms with Crippen LogP contribution in [0.3, 0.4) is 0 Å². The van der Waals surface area contributed by atoms with Crippen molar-refractivity contribution in [3.8, 4) is 5.82 Å². The summed E-state index contributed by atoms with van der Waals surface area (Å²) in [5.41, 5.74) is 1.33. The third kappa shape index (κ3) is 3.01. The molecular formula is C16H13FN4O. The standard InChI is InChI=1S/C16H13FN4O/c17-14-6-4-12(5-7-14)9-19-16-13(11-22)10-21(20-16)15-3-1-2-8-18-15/h1-8,10-11H,9H2,(H,19,20). The summed E-state index contributed by atoms with van der Waals surface area (Å²) in [6.45, 7) is 0.445. The topological polar surface area (TPSA) is 59.8 Å². The molecule has 0 radical (unpaired) electrons. The number of hydrogen-bond donors (Lipinski definition) is 1. The van der Waals surface area contributed by atoms with Crippen LogP contribution in [-0.2, 0) is 6.54 Å². The van der Waals surface area contributed by atoms with E-state index in [-0.39, 0.29) is 5.82 Å². The van der Waals surface area contributed by atoms with Crippen LogP contribution in [0.1, 0.15) is 15.9 Å². The minimum Gasteiger partial charge on any atom is -0.364 e. The van der Waals surface area contributed by atoms with E-state index in [0.29, 0.717) is 23.7 Å². The molecule has 0 unspecified atom stereocenters. The maximum atomic E-state index is 12.9. The highest BCUT2D eigenvalue weighted by molar-refractivity contribution is 5.82. The predicted octanol–water partition coefficient (Wildman–Crippen LogP) is 2.83. The van der Waals surface area contributed by atoms with E-state index in [1.807, 2.05) is 6.07 Å². The van der Waals surface area contributed by atoms with Crippen molar-refractivity contribution in [2.75, 3.05) is 5.32 Å². The summed E-state index contributed by atoms with van der Waals surface area (Å²) in [4.78, 5) is 15.3. The number of aromatic nitrogens is 3. The number of carbonyl (C=O) groups excluding carboxylic acids is 1. The van der Waals surface area contributed by atoms with Gasteiger partial charge in [0.25, 0.3) is 0 Å². The molecule has 22 heavy (non-hydrogen) atoms. The van der Waals surface area contributed by atoms with Gasteiger partial charge in [0.15, 0.2) is 17.9 Å². The van der Waals surface area contributed by atoms with Crippen LogP contribution < -0.4 is 5.32 Å². The first kappa shape index (κ1) is 13.9. The van der Waals surface area contributed by atoms with Crippen LogP contribution in [0, 0.1) is 5.82 Å². The number of hydrogen-bond acceptors (Lipinski definition) is 4. The molecule has 0 fully saturated rings. The van der Waals surface area contributed by atoms with Gasteiger partial charge in [-0.2, -0.15) is 0 Å². The van der Waals surface area contributed by atoms with Crippen LogP contribution in [0.15, 0.2) is 54.9 Å². The fourth-order valence-electron chi connectivity index (χ4n) is 2.01. The zero-order valence-electron chi connectivity index (χ0n) is 11.6. The second-order valence-corrected chi connectivity index (χ2v) is 4.66. The Balaban J connectivity index is 1.80. The molecule has 0 saturated heterocycles. The Kier molecular flexibility index (Phi) is 3.91. The summed E-state index contributed by atoms with van der Waals surface area (Å²) in [5.74, 6) is 0.808. The number of benzene rings is 1. The second kappa shape index (κ2) is 6.17. The molecule has 0 saturated carbocycles. The third-order valence-electron chi connectivity index (χ3n) is 3.13. The van der Waals surface area contributed by atoms with Crippen molar-refractivity contribution >= 4 is 12.1 Å². The van der Waals surface area contributed by atoms with E-state index >= 15 is 0 Å². The SMILES string of the molecule is O=Cc1cn(-c2ccccn2)nc1NCc1ccc(F)cc1. The van der Waals surface area contributed by atoms with Crippen molar-refractivity contribution < 1.29 is 9.18 Å². The van der Waals surface area contributed by atoms with Crippen LogP contribution in [0.4, 0.5) is 10.2 Å². The highest BCUT2D eigenvalue weighted by atomic mass is 19.1. The molecule has 2 heterocycles. The predicted molar refractivity (Wildman–Crippen MR) is 80.5 cm³/mol. The Labute approximate surface area is 126 Å². The van der Waals surface area contributed by atoms with E-state index < -0.39 is 0 Å². The molecule has 0 aliphatic carbocycles. The fourth-order valence-corrected chi connectivity index (χ4v) is 2.01. The van der Waals surface area contributed by atoms with Crippen molar-refractivity contribution in [1.82, 2.24) is 14.8 Å². The Hall–Kier alpha value is -3.02. The molecule has 0 aliphatic heterocycles. The molecule has 0 bridgehead atoms. The Bertz CT molecular complexity index is 769. The molecule has 0 spiro atoms. The van der Waals surface area contributed by atoms with E-state index in [1.54, 1.807) is 36.7 Å². The molecule has 3 rings (SSSR count). The Morgan fingerprint density at radius 1 is 1.18 bits per heavy atom. The Morgan fingerprint density at radius 3 is 2.68 bits per heavy atom. The molecule has 6 heteroatoms. The van der Waals surface area contributed by atoms with Gasteiger partial charge in [-0.1, -0.05) is 18.2 Å². The van der Waals surface area contributed by atoms with Gasteiger partial charge in [-0.3, -0.25) is 4.79 Å². The normalized spacial score (nSPS) is 10.4. The largest absolute Gasteiger partial charge is 0.364 e. The zero-order chi connectivity index (χ0) is 15.4. The molecule has 0 atom stereocenters. The number of halogens is 1. The van der Waals surface area contributed by atoms with Crippen molar-refractivity contribution in [1.29, 1.82) is 0 Å². The first-order valence-electron chi connectivity index (χ1n) is 6.71. The van der Waals surface area contributed by atoms with Gasteiger partial charge < -0.3 is 5.32 Å². The number of anilines is 1. The van der Waals surface area contributed by atoms with Crippen LogP contribution in [-0.4, -0.2) is 21.1 Å². The van der Waals surface area contributed by atoms with E-state index in [9.17, 15) is 9.18 Å². The van der Waals surface area contributed by atoms with Crippen LogP contribution >= 0.6 is 0 Å². The molecule has 2 aromatic heterocycles. The van der Waals surface area contributed by atoms with Gasteiger partial charge in [-0.15, -0.1) is 5.10 Å². The second-order valence-electron chi connectivity index (χ2n) is 4.66. The average molecular weight is 296 g/mol. The fraction of sp³-hybridized carbons (Fsp3) is 0.0625. The quantitative estimate of drug-likeness (QED) is 0.735. The molecule has 3 aromatic rings. The molecule has 1 aromatic carbocycles. The first-order chi connectivity index (χ1) is 10.8. The minimum absolute atomic E-state index is 0.281. The van der Waals surface area contributed by atoms with Crippen molar-refractivity contribution in [2.24, 2.45) is 0 Å². The number of nitrogens with one attached hydrogen (secondary N) is 1. The van der Waals surface area contributed by atoms with Crippen LogP contribution in [0.25, 0.3) is 5.82 Å². The van der Waals surface area contributed by atoms with Crippen molar-refractivity contribution in [3.63, 3.8) is 0 Å². The lowest BCUT2D eigenvalue weighted by atomic mass is 10.2. The van der Waals surface area contributed by atoms with E-state index in [1.165, 1.54) is 16.8 Å². The average Bonchev–Trinajstić information content (AvgIpc) is 2.98. The van der Waals surface area contributed by atoms with E-state index in [2.05, 4.69) is 15.4 Å². The summed E-state index contributed by atoms with van der Waals surface area (Å²) >= 11 is 0. The van der Waals surface area contributed by atoms with Gasteiger partial charge in [0.2, 0.25) is 0 Å². The zero-order valence-corrected chi connectivity index (χ0v) is 11.6. The van der Waals surface area contributed by atoms with Gasteiger partial charge >= 0.3 is 0 Å². The van der Waals surface area contributed by atoms with Crippen LogP contribution in [0.5, 0.6) is 0 Å². The van der Waals surface area contributed by atoms with E-state index in [4.69, 9.17) is 0 Å². The number of rotatable bonds is 5. The van der Waals surface area contributed by atoms with Crippen LogP contribution in [0.2, 0.25) is 0 Å². The highest BCUT2D eigenvalue weighted by Crippen LogP contribution is 2.15. The van der Waals surface area contributed by atoms with Gasteiger partial charge in [0.1, 0.15) is 5.82 Å². The van der Waals surface area contributed by atoms with Crippen molar-refractivity contribution in [2.45, 2.75) is 6.54 Å². The van der Waals surface area contributed by atoms with Gasteiger partial charge in [-0.25, -0.2) is 14.1 Å². The van der Waals surface area contributed by atoms with Gasteiger partial charge in [-0.05, 0) is 29.8 Å². The minimum atomic E-state index is -0.281. The highest BCUT2D eigenvalue weighted by Gasteiger charge is 2.09. The summed E-state index contributed by atoms with van der Waals surface area (Å²) in [7, 11) is 0. The lowest BCUT2D eigenvalue weighted by molar-refractivity contribution is 0.112. The Morgan fingerprint density at radius 2 is 2.00 bits per heavy atom. The molecular weight excluding hydrogens is 283 g/mol. The van der Waals surface area contributed by atoms with Gasteiger partial charge in [0.05, 0.1) is 5.56 Å². The molecule has 5 nitrogen and oxygen atoms in total. The number of carbonyl (C=O) groups is 1. The molecule has 0 amide bonds. The third-order valence-corrected chi connectivity index (χ3v) is 3.13. The van der Waals surface area contributed by atoms with Crippen molar-refractivity contribution in [3.05, 3.63) is 71.8 Å². The summed E-state index contributed by atoms with van der Waals surface area (Å²) < 4.78 is 14.4. The number of aldehydes is 1. The molecule has 110 valence electrons. The van der Waals surface area contributed by atoms with Gasteiger partial charge in [0, 0.05) is 18.9 Å². The first-order valence-corrected chi connectivity index (χ1v) is 6.71. The number of nitrogens with zero attached hydrogens (tertiary/aromatic N) is 3. The summed E-state index contributed by atoms with van der Waals surface area (Å²) in [6, 6.07) is 11.6.